The molecule has 6 N–H and O–H groups in total. The minimum atomic E-state index is -1.57. The van der Waals surface area contributed by atoms with Crippen LogP contribution in [0.25, 0.3) is 0 Å². The average molecular weight is 344 g/mol. The van der Waals surface area contributed by atoms with Crippen molar-refractivity contribution in [2.24, 2.45) is 17.5 Å². The summed E-state index contributed by atoms with van der Waals surface area (Å²) in [7, 11) is 0. The van der Waals surface area contributed by atoms with Gasteiger partial charge in [0.2, 0.25) is 6.04 Å². The third-order valence-electron chi connectivity index (χ3n) is 0.740. The molecule has 0 aromatic carbocycles. The first-order chi connectivity index (χ1) is 4.63. The van der Waals surface area contributed by atoms with Crippen molar-refractivity contribution < 1.29 is 40.3 Å². The van der Waals surface area contributed by atoms with Crippen LogP contribution in [0.15, 0.2) is 0 Å². The zero-order valence-corrected chi connectivity index (χ0v) is 7.53. The molecule has 0 atom stereocenters. The second kappa shape index (κ2) is 6.23. The van der Waals surface area contributed by atoms with E-state index in [0.717, 1.165) is 0 Å². The molecule has 0 amide bonds. The summed E-state index contributed by atoms with van der Waals surface area (Å²) in [6, 6.07) is -1.57. The van der Waals surface area contributed by atoms with Crippen molar-refractivity contribution in [2.75, 3.05) is 0 Å². The summed E-state index contributed by atoms with van der Waals surface area (Å²) >= 11 is 0. The van der Waals surface area contributed by atoms with Crippen molar-refractivity contribution in [1.82, 2.24) is 0 Å². The summed E-state index contributed by atoms with van der Waals surface area (Å²) in [6.07, 6.45) is 0. The third kappa shape index (κ3) is 4.05. The van der Waals surface area contributed by atoms with Gasteiger partial charge in [-0.15, -0.1) is 0 Å². The summed E-state index contributed by atoms with van der Waals surface area (Å²) in [5.74, 6) is 6.57. The van der Waals surface area contributed by atoms with E-state index in [9.17, 15) is 9.59 Å². The molecule has 0 radical (unpaired) electrons. The summed E-state index contributed by atoms with van der Waals surface area (Å²) in [5.41, 5.74) is 4.87. The van der Waals surface area contributed by atoms with Crippen molar-refractivity contribution >= 4 is 11.9 Å². The van der Waals surface area contributed by atoms with Gasteiger partial charge in [0.15, 0.2) is 0 Å². The standard InChI is InChI=1S/C3H7N3O4.Pt/c4-1(2(7)9-5)3(8)10-6;/h1H,4-6H2;. The normalized spacial score (nSPS) is 8.36. The minimum absolute atomic E-state index is 0. The van der Waals surface area contributed by atoms with E-state index in [0.29, 0.717) is 0 Å². The molecule has 0 bridgehead atoms. The molecule has 0 aromatic heterocycles. The maximum atomic E-state index is 10.3. The van der Waals surface area contributed by atoms with Gasteiger partial charge in [-0.1, -0.05) is 0 Å². The first-order valence-corrected chi connectivity index (χ1v) is 2.20. The van der Waals surface area contributed by atoms with Gasteiger partial charge in [-0.2, -0.15) is 11.8 Å². The quantitative estimate of drug-likeness (QED) is 0.363. The van der Waals surface area contributed by atoms with E-state index in [1.165, 1.54) is 0 Å². The molecule has 0 aliphatic rings. The second-order valence-corrected chi connectivity index (χ2v) is 1.35. The Morgan fingerprint density at radius 2 is 1.36 bits per heavy atom. The predicted octanol–water partition coefficient (Wildman–Crippen LogP) is -2.86. The number of carbonyl (C=O) groups excluding carboxylic acids is 2. The van der Waals surface area contributed by atoms with E-state index in [1.54, 1.807) is 0 Å². The van der Waals surface area contributed by atoms with Crippen molar-refractivity contribution in [3.8, 4) is 0 Å². The molecule has 0 rings (SSSR count). The topological polar surface area (TPSA) is 131 Å². The van der Waals surface area contributed by atoms with Crippen LogP contribution in [0, 0.1) is 0 Å². The van der Waals surface area contributed by atoms with Crippen LogP contribution in [-0.2, 0) is 40.3 Å². The Balaban J connectivity index is 0. The molecule has 0 fully saturated rings. The molecule has 7 nitrogen and oxygen atoms in total. The molecule has 0 spiro atoms. The molecular formula is C3H7N3O4Pt. The van der Waals surface area contributed by atoms with Gasteiger partial charge in [0, 0.05) is 21.1 Å². The summed E-state index contributed by atoms with van der Waals surface area (Å²) in [6.45, 7) is 0. The Bertz CT molecular complexity index is 136. The van der Waals surface area contributed by atoms with E-state index < -0.39 is 18.0 Å². The largest absolute Gasteiger partial charge is 0.372 e. The van der Waals surface area contributed by atoms with Crippen LogP contribution in [0.5, 0.6) is 0 Å². The third-order valence-corrected chi connectivity index (χ3v) is 0.740. The van der Waals surface area contributed by atoms with Crippen molar-refractivity contribution in [1.29, 1.82) is 0 Å². The van der Waals surface area contributed by atoms with Gasteiger partial charge in [-0.25, -0.2) is 9.59 Å². The van der Waals surface area contributed by atoms with Gasteiger partial charge in [0.05, 0.1) is 0 Å². The summed E-state index contributed by atoms with van der Waals surface area (Å²) in [4.78, 5) is 27.8. The zero-order valence-electron chi connectivity index (χ0n) is 5.26. The van der Waals surface area contributed by atoms with E-state index in [-0.39, 0.29) is 21.1 Å². The van der Waals surface area contributed by atoms with Crippen LogP contribution in [-0.4, -0.2) is 18.0 Å². The maximum Gasteiger partial charge on any atom is 0.353 e. The molecule has 0 aromatic rings. The van der Waals surface area contributed by atoms with Gasteiger partial charge in [0.25, 0.3) is 0 Å². The van der Waals surface area contributed by atoms with Gasteiger partial charge < -0.3 is 15.4 Å². The number of rotatable bonds is 2. The number of hydrogen-bond acceptors (Lipinski definition) is 7. The Hall–Kier alpha value is -0.492. The molecule has 8 heteroatoms. The molecular weight excluding hydrogens is 337 g/mol. The van der Waals surface area contributed by atoms with Gasteiger partial charge in [0.1, 0.15) is 0 Å². The minimum Gasteiger partial charge on any atom is -0.372 e. The molecule has 0 heterocycles. The fraction of sp³-hybridized carbons (Fsp3) is 0.333. The van der Waals surface area contributed by atoms with Gasteiger partial charge in [-0.3, -0.25) is 0 Å². The van der Waals surface area contributed by atoms with Crippen LogP contribution in [0.3, 0.4) is 0 Å². The average Bonchev–Trinajstić information content (AvgIpc) is 2.00. The summed E-state index contributed by atoms with van der Waals surface area (Å²) in [5, 5.41) is 0. The van der Waals surface area contributed by atoms with E-state index >= 15 is 0 Å². The SMILES string of the molecule is NOC(=O)C(N)C(=O)ON.[Pt]. The summed E-state index contributed by atoms with van der Waals surface area (Å²) < 4.78 is 0. The molecule has 68 valence electrons. The molecule has 0 saturated heterocycles. The van der Waals surface area contributed by atoms with Gasteiger partial charge in [-0.05, 0) is 0 Å². The molecule has 0 saturated carbocycles. The first kappa shape index (κ1) is 13.1. The van der Waals surface area contributed by atoms with Crippen LogP contribution < -0.4 is 17.5 Å². The fourth-order valence-electron chi connectivity index (χ4n) is 0.243. The van der Waals surface area contributed by atoms with Crippen molar-refractivity contribution in [3.63, 3.8) is 0 Å². The fourth-order valence-corrected chi connectivity index (χ4v) is 0.243. The number of carbonyl (C=O) groups is 2. The number of hydrogen-bond donors (Lipinski definition) is 3. The Morgan fingerprint density at radius 1 is 1.09 bits per heavy atom. The van der Waals surface area contributed by atoms with E-state index in [4.69, 9.17) is 5.73 Å². The molecule has 0 unspecified atom stereocenters. The van der Waals surface area contributed by atoms with Crippen LogP contribution in [0.4, 0.5) is 0 Å². The van der Waals surface area contributed by atoms with Crippen LogP contribution in [0.2, 0.25) is 0 Å². The predicted molar refractivity (Wildman–Crippen MR) is 28.5 cm³/mol. The second-order valence-electron chi connectivity index (χ2n) is 1.35. The Morgan fingerprint density at radius 3 is 1.55 bits per heavy atom. The first-order valence-electron chi connectivity index (χ1n) is 2.20. The molecule has 0 aliphatic carbocycles. The van der Waals surface area contributed by atoms with E-state index in [1.807, 2.05) is 0 Å². The van der Waals surface area contributed by atoms with Crippen LogP contribution in [0.1, 0.15) is 0 Å². The van der Waals surface area contributed by atoms with Crippen molar-refractivity contribution in [2.45, 2.75) is 6.04 Å². The Labute approximate surface area is 76.3 Å². The van der Waals surface area contributed by atoms with Crippen molar-refractivity contribution in [3.05, 3.63) is 0 Å². The van der Waals surface area contributed by atoms with Gasteiger partial charge >= 0.3 is 11.9 Å². The smallest absolute Gasteiger partial charge is 0.353 e. The van der Waals surface area contributed by atoms with E-state index in [2.05, 4.69) is 21.5 Å². The molecule has 0 aliphatic heterocycles. The zero-order chi connectivity index (χ0) is 8.15. The van der Waals surface area contributed by atoms with Crippen LogP contribution >= 0.6 is 0 Å². The molecule has 11 heavy (non-hydrogen) atoms. The maximum absolute atomic E-state index is 10.3. The Kier molecular flexibility index (Phi) is 7.44. The number of nitrogens with two attached hydrogens (primary N) is 3. The monoisotopic (exact) mass is 344 g/mol.